The van der Waals surface area contributed by atoms with Crippen LogP contribution in [0.1, 0.15) is 12.5 Å². The first-order chi connectivity index (χ1) is 5.29. The third kappa shape index (κ3) is 3.19. The van der Waals surface area contributed by atoms with E-state index in [4.69, 9.17) is 5.11 Å². The maximum atomic E-state index is 8.96. The summed E-state index contributed by atoms with van der Waals surface area (Å²) >= 11 is 0. The molecule has 0 heterocycles. The van der Waals surface area contributed by atoms with Crippen molar-refractivity contribution in [3.63, 3.8) is 0 Å². The molecular formula is C10H13O. The molecular weight excluding hydrogens is 136 g/mol. The smallest absolute Gasteiger partial charge is 0.0547 e. The number of rotatable bonds is 3. The maximum Gasteiger partial charge on any atom is 0.0547 e. The van der Waals surface area contributed by atoms with Crippen molar-refractivity contribution in [3.8, 4) is 0 Å². The van der Waals surface area contributed by atoms with Crippen LogP contribution in [0.15, 0.2) is 30.3 Å². The lowest BCUT2D eigenvalue weighted by molar-refractivity contribution is 0.225. The van der Waals surface area contributed by atoms with Crippen molar-refractivity contribution < 1.29 is 5.11 Å². The lowest BCUT2D eigenvalue weighted by Crippen LogP contribution is -2.02. The molecule has 1 N–H and O–H groups in total. The molecule has 0 saturated carbocycles. The molecule has 1 atom stereocenters. The highest BCUT2D eigenvalue weighted by atomic mass is 16.3. The molecule has 11 heavy (non-hydrogen) atoms. The molecule has 0 aromatic heterocycles. The van der Waals surface area contributed by atoms with Gasteiger partial charge >= 0.3 is 0 Å². The molecule has 1 heteroatoms. The van der Waals surface area contributed by atoms with E-state index in [9.17, 15) is 0 Å². The molecule has 59 valence electrons. The molecule has 0 amide bonds. The first-order valence-electron chi connectivity index (χ1n) is 3.84. The second-order valence-corrected chi connectivity index (χ2v) is 2.67. The number of hydrogen-bond donors (Lipinski definition) is 1. The molecule has 1 radical (unpaired) electrons. The summed E-state index contributed by atoms with van der Waals surface area (Å²) < 4.78 is 0. The van der Waals surface area contributed by atoms with Crippen LogP contribution in [-0.4, -0.2) is 11.2 Å². The summed E-state index contributed by atoms with van der Waals surface area (Å²) in [5.41, 5.74) is 1.24. The van der Waals surface area contributed by atoms with Crippen molar-refractivity contribution in [1.82, 2.24) is 0 Å². The number of hydrogen-bond acceptors (Lipinski definition) is 1. The van der Waals surface area contributed by atoms with Gasteiger partial charge in [0.25, 0.3) is 0 Å². The Bertz CT molecular complexity index is 191. The fourth-order valence-electron chi connectivity index (χ4n) is 0.921. The summed E-state index contributed by atoms with van der Waals surface area (Å²) in [6.45, 7) is 1.77. The molecule has 0 fully saturated rings. The van der Waals surface area contributed by atoms with Crippen LogP contribution >= 0.6 is 0 Å². The minimum atomic E-state index is -0.310. The van der Waals surface area contributed by atoms with Crippen LogP contribution < -0.4 is 0 Å². The van der Waals surface area contributed by atoms with Crippen LogP contribution in [0.3, 0.4) is 0 Å². The summed E-state index contributed by atoms with van der Waals surface area (Å²) in [7, 11) is 0. The van der Waals surface area contributed by atoms with Gasteiger partial charge in [-0.1, -0.05) is 30.3 Å². The fraction of sp³-hybridized carbons (Fsp3) is 0.300. The van der Waals surface area contributed by atoms with E-state index in [0.29, 0.717) is 0 Å². The van der Waals surface area contributed by atoms with Gasteiger partial charge < -0.3 is 5.11 Å². The third-order valence-electron chi connectivity index (χ3n) is 1.54. The third-order valence-corrected chi connectivity index (χ3v) is 1.54. The summed E-state index contributed by atoms with van der Waals surface area (Å²) in [6, 6.07) is 10.1. The van der Waals surface area contributed by atoms with Crippen LogP contribution in [0.25, 0.3) is 0 Å². The highest BCUT2D eigenvalue weighted by molar-refractivity contribution is 5.16. The van der Waals surface area contributed by atoms with Gasteiger partial charge in [-0.05, 0) is 25.3 Å². The molecule has 0 aliphatic rings. The zero-order chi connectivity index (χ0) is 8.10. The predicted molar refractivity (Wildman–Crippen MR) is 46.1 cm³/mol. The van der Waals surface area contributed by atoms with Gasteiger partial charge in [-0.3, -0.25) is 0 Å². The molecule has 1 aromatic rings. The van der Waals surface area contributed by atoms with Crippen molar-refractivity contribution in [2.45, 2.75) is 19.4 Å². The van der Waals surface area contributed by atoms with E-state index in [2.05, 4.69) is 12.1 Å². The summed E-state index contributed by atoms with van der Waals surface area (Å²) in [5.74, 6) is 0. The molecule has 0 unspecified atom stereocenters. The minimum Gasteiger partial charge on any atom is -0.393 e. The van der Waals surface area contributed by atoms with Crippen LogP contribution in [0, 0.1) is 6.42 Å². The van der Waals surface area contributed by atoms with Crippen molar-refractivity contribution >= 4 is 0 Å². The van der Waals surface area contributed by atoms with Gasteiger partial charge in [-0.25, -0.2) is 0 Å². The van der Waals surface area contributed by atoms with Crippen molar-refractivity contribution in [2.75, 3.05) is 0 Å². The Morgan fingerprint density at radius 2 is 2.00 bits per heavy atom. The lowest BCUT2D eigenvalue weighted by atomic mass is 10.1. The van der Waals surface area contributed by atoms with Gasteiger partial charge in [-0.15, -0.1) is 0 Å². The Hall–Kier alpha value is -0.820. The first-order valence-corrected chi connectivity index (χ1v) is 3.84. The van der Waals surface area contributed by atoms with E-state index < -0.39 is 0 Å². The fourth-order valence-corrected chi connectivity index (χ4v) is 0.921. The zero-order valence-electron chi connectivity index (χ0n) is 6.70. The second-order valence-electron chi connectivity index (χ2n) is 2.67. The Labute approximate surface area is 67.7 Å². The van der Waals surface area contributed by atoms with E-state index in [1.807, 2.05) is 24.6 Å². The van der Waals surface area contributed by atoms with Gasteiger partial charge in [0, 0.05) is 0 Å². The Morgan fingerprint density at radius 3 is 2.55 bits per heavy atom. The van der Waals surface area contributed by atoms with E-state index in [0.717, 1.165) is 6.42 Å². The van der Waals surface area contributed by atoms with Gasteiger partial charge in [0.1, 0.15) is 0 Å². The number of aliphatic hydroxyl groups is 1. The molecule has 1 nitrogen and oxygen atoms in total. The molecule has 0 bridgehead atoms. The van der Waals surface area contributed by atoms with E-state index in [1.165, 1.54) is 5.56 Å². The topological polar surface area (TPSA) is 20.2 Å². The molecule has 0 aliphatic heterocycles. The van der Waals surface area contributed by atoms with Crippen molar-refractivity contribution in [2.24, 2.45) is 0 Å². The summed E-state index contributed by atoms with van der Waals surface area (Å²) in [4.78, 5) is 0. The monoisotopic (exact) mass is 149 g/mol. The van der Waals surface area contributed by atoms with Gasteiger partial charge in [0.15, 0.2) is 0 Å². The van der Waals surface area contributed by atoms with Crippen LogP contribution in [-0.2, 0) is 6.42 Å². The normalized spacial score (nSPS) is 12.9. The van der Waals surface area contributed by atoms with Crippen molar-refractivity contribution in [1.29, 1.82) is 0 Å². The lowest BCUT2D eigenvalue weighted by Gasteiger charge is -2.02. The second kappa shape index (κ2) is 4.14. The molecule has 0 aliphatic carbocycles. The van der Waals surface area contributed by atoms with Gasteiger partial charge in [0.2, 0.25) is 0 Å². The molecule has 0 saturated heterocycles. The van der Waals surface area contributed by atoms with Gasteiger partial charge in [-0.2, -0.15) is 0 Å². The average Bonchev–Trinajstić information content (AvgIpc) is 2.03. The minimum absolute atomic E-state index is 0.310. The quantitative estimate of drug-likeness (QED) is 0.695. The number of benzene rings is 1. The predicted octanol–water partition coefficient (Wildman–Crippen LogP) is 1.81. The Kier molecular flexibility index (Phi) is 3.12. The summed E-state index contributed by atoms with van der Waals surface area (Å²) in [6.07, 6.45) is 2.42. The standard InChI is InChI=1S/C10H13O/c1-9(11)7-8-10-5-3-2-4-6-10/h2-7,9,11H,8H2,1H3/t9-/m1/s1. The SMILES string of the molecule is C[C@@H](O)[CH]Cc1ccccc1. The van der Waals surface area contributed by atoms with Crippen molar-refractivity contribution in [3.05, 3.63) is 42.3 Å². The highest BCUT2D eigenvalue weighted by Gasteiger charge is 1.96. The molecule has 1 rings (SSSR count). The van der Waals surface area contributed by atoms with Crippen LogP contribution in [0.4, 0.5) is 0 Å². The van der Waals surface area contributed by atoms with E-state index in [1.54, 1.807) is 6.92 Å². The van der Waals surface area contributed by atoms with E-state index >= 15 is 0 Å². The van der Waals surface area contributed by atoms with E-state index in [-0.39, 0.29) is 6.10 Å². The van der Waals surface area contributed by atoms with Crippen LogP contribution in [0.5, 0.6) is 0 Å². The Balaban J connectivity index is 2.39. The summed E-state index contributed by atoms with van der Waals surface area (Å²) in [5, 5.41) is 8.96. The highest BCUT2D eigenvalue weighted by Crippen LogP contribution is 2.02. The average molecular weight is 149 g/mol. The maximum absolute atomic E-state index is 8.96. The number of aliphatic hydroxyl groups excluding tert-OH is 1. The largest absolute Gasteiger partial charge is 0.393 e. The molecule has 1 aromatic carbocycles. The molecule has 0 spiro atoms. The Morgan fingerprint density at radius 1 is 1.36 bits per heavy atom. The van der Waals surface area contributed by atoms with Gasteiger partial charge in [0.05, 0.1) is 6.10 Å². The van der Waals surface area contributed by atoms with Crippen LogP contribution in [0.2, 0.25) is 0 Å². The zero-order valence-corrected chi connectivity index (χ0v) is 6.70. The first kappa shape index (κ1) is 8.28.